The number of aromatic hydroxyl groups is 2. The fourth-order valence-electron chi connectivity index (χ4n) is 6.09. The summed E-state index contributed by atoms with van der Waals surface area (Å²) >= 11 is 13.3. The Morgan fingerprint density at radius 2 is 1.12 bits per heavy atom. The van der Waals surface area contributed by atoms with Gasteiger partial charge in [-0.1, -0.05) is 30.3 Å². The summed E-state index contributed by atoms with van der Waals surface area (Å²) in [4.78, 5) is 0. The largest absolute Gasteiger partial charge is 0.872 e. The Hall–Kier alpha value is -3.48. The average Bonchev–Trinajstić information content (AvgIpc) is 3.38. The Bertz CT molecular complexity index is 1750. The van der Waals surface area contributed by atoms with Gasteiger partial charge >= 0.3 is 227 Å². The molecule has 1 heterocycles. The van der Waals surface area contributed by atoms with Crippen LogP contribution in [0, 0.1) is 0 Å². The molecule has 1 saturated carbocycles. The number of rotatable bonds is 4. The summed E-state index contributed by atoms with van der Waals surface area (Å²) in [5, 5.41) is 34.3. The van der Waals surface area contributed by atoms with Gasteiger partial charge in [0.25, 0.3) is 0 Å². The molecule has 4 aromatic carbocycles. The first-order valence-electron chi connectivity index (χ1n) is 16.6. The van der Waals surface area contributed by atoms with Gasteiger partial charge in [-0.25, -0.2) is 0 Å². The maximum absolute atomic E-state index is 11.1. The number of nitrogens with zero attached hydrogens (tertiary/aromatic N) is 2. The molecule has 6 nitrogen and oxygen atoms in total. The maximum atomic E-state index is 11.1. The molecule has 0 aromatic heterocycles. The molecule has 9 heteroatoms. The minimum Gasteiger partial charge on any atom is -0.872 e. The van der Waals surface area contributed by atoms with Gasteiger partial charge in [0.2, 0.25) is 0 Å². The average molecular weight is 744 g/mol. The third-order valence-electron chi connectivity index (χ3n) is 8.65. The quantitative estimate of drug-likeness (QED) is 0.204. The van der Waals surface area contributed by atoms with E-state index in [9.17, 15) is 15.3 Å². The van der Waals surface area contributed by atoms with Gasteiger partial charge in [0.15, 0.2) is 0 Å². The number of benzene rings is 4. The Morgan fingerprint density at radius 1 is 0.694 bits per heavy atom. The third-order valence-corrected chi connectivity index (χ3v) is 10.7. The van der Waals surface area contributed by atoms with Gasteiger partial charge in [-0.05, 0) is 24.3 Å². The van der Waals surface area contributed by atoms with E-state index >= 15 is 0 Å². The van der Waals surface area contributed by atoms with Gasteiger partial charge in [-0.3, -0.25) is 0 Å². The molecule has 0 spiro atoms. The smallest absolute Gasteiger partial charge is 0.127 e. The molecule has 259 valence electrons. The minimum absolute atomic E-state index is 0.00888. The van der Waals surface area contributed by atoms with Gasteiger partial charge < -0.3 is 9.84 Å². The second-order valence-electron chi connectivity index (χ2n) is 14.6. The predicted octanol–water partition coefficient (Wildman–Crippen LogP) is 9.35. The standard InChI is InChI=1S/C28H36Cl2N2O2.C12H10O2.Mn/c1-27(2,3)21-13-19(29)11-17(25(21)33)15-31-23-9-7-8-10-24(23)32-16-18-12-20(30)14-22(26(18)34)28(4,5)6;13-10-6-8-12(9-7-10)14-11-4-2-1-3-5-11;/h11-16,23-24,33-34H,7-10H2,1-6H3;1-9,13H;/q;;+2/p-1. The molecule has 1 saturated heterocycles. The zero-order valence-electron chi connectivity index (χ0n) is 28.9. The number of ether oxygens (including phenoxy) is 1. The molecular weight excluding hydrogens is 698 g/mol. The monoisotopic (exact) mass is 742 g/mol. The van der Waals surface area contributed by atoms with Crippen molar-refractivity contribution in [2.75, 3.05) is 0 Å². The summed E-state index contributed by atoms with van der Waals surface area (Å²) < 4.78 is 10.2. The van der Waals surface area contributed by atoms with Crippen LogP contribution in [-0.4, -0.2) is 41.9 Å². The number of para-hydroxylation sites is 1. The van der Waals surface area contributed by atoms with Gasteiger partial charge in [-0.15, -0.1) is 5.75 Å². The van der Waals surface area contributed by atoms with E-state index in [1.54, 1.807) is 12.1 Å². The second kappa shape index (κ2) is 15.2. The van der Waals surface area contributed by atoms with Crippen molar-refractivity contribution in [1.82, 2.24) is 0 Å². The third kappa shape index (κ3) is 9.20. The normalized spacial score (nSPS) is 19.3. The van der Waals surface area contributed by atoms with Crippen molar-refractivity contribution in [2.45, 2.75) is 90.1 Å². The molecule has 6 rings (SSSR count). The van der Waals surface area contributed by atoms with Crippen LogP contribution in [0.25, 0.3) is 0 Å². The second-order valence-corrected chi connectivity index (χ2v) is 16.9. The summed E-state index contributed by atoms with van der Waals surface area (Å²) in [7, 11) is 0. The summed E-state index contributed by atoms with van der Waals surface area (Å²) in [5.74, 6) is 2.03. The number of phenols is 2. The molecule has 2 unspecified atom stereocenters. The number of fused-ring (bicyclic) bond motifs is 1. The van der Waals surface area contributed by atoms with Crippen molar-refractivity contribution in [3.63, 3.8) is 0 Å². The van der Waals surface area contributed by atoms with Crippen molar-refractivity contribution in [2.24, 2.45) is 0 Å². The van der Waals surface area contributed by atoms with Crippen LogP contribution < -0.4 is 9.84 Å². The molecule has 2 fully saturated rings. The molecule has 0 amide bonds. The van der Waals surface area contributed by atoms with E-state index < -0.39 is 0 Å². The fraction of sp³-hybridized carbons (Fsp3) is 0.350. The van der Waals surface area contributed by atoms with Crippen LogP contribution in [0.4, 0.5) is 0 Å². The van der Waals surface area contributed by atoms with Gasteiger partial charge in [0.05, 0.1) is 0 Å². The summed E-state index contributed by atoms with van der Waals surface area (Å²) in [5.41, 5.74) is 2.77. The molecule has 4 aromatic rings. The van der Waals surface area contributed by atoms with Crippen molar-refractivity contribution >= 4 is 35.6 Å². The first-order chi connectivity index (χ1) is 23.1. The fourth-order valence-corrected chi connectivity index (χ4v) is 8.39. The van der Waals surface area contributed by atoms with Gasteiger partial charge in [0, 0.05) is 0 Å². The van der Waals surface area contributed by atoms with Gasteiger partial charge in [-0.2, -0.15) is 0 Å². The van der Waals surface area contributed by atoms with Crippen molar-refractivity contribution < 1.29 is 42.6 Å². The van der Waals surface area contributed by atoms with Crippen LogP contribution in [-0.2, 0) is 26.2 Å². The molecule has 0 bridgehead atoms. The van der Waals surface area contributed by atoms with Crippen LogP contribution in [0.5, 0.6) is 28.7 Å². The zero-order chi connectivity index (χ0) is 35.5. The van der Waals surface area contributed by atoms with E-state index in [1.807, 2.05) is 54.6 Å². The molecule has 0 radical (unpaired) electrons. The van der Waals surface area contributed by atoms with Crippen LogP contribution in [0.3, 0.4) is 0 Å². The van der Waals surface area contributed by atoms with Crippen LogP contribution in [0.1, 0.15) is 89.5 Å². The summed E-state index contributed by atoms with van der Waals surface area (Å²) in [6.07, 6.45) is 8.73. The van der Waals surface area contributed by atoms with E-state index in [0.717, 1.165) is 40.8 Å². The Labute approximate surface area is 306 Å². The molecule has 1 aliphatic carbocycles. The number of hydrogen-bond donors (Lipinski definition) is 2. The van der Waals surface area contributed by atoms with Crippen LogP contribution in [0.15, 0.2) is 78.9 Å². The van der Waals surface area contributed by atoms with Crippen molar-refractivity contribution in [3.05, 3.63) is 111 Å². The molecule has 49 heavy (non-hydrogen) atoms. The predicted molar refractivity (Wildman–Crippen MR) is 193 cm³/mol. The Morgan fingerprint density at radius 3 is 1.55 bits per heavy atom. The van der Waals surface area contributed by atoms with E-state index in [4.69, 9.17) is 27.9 Å². The van der Waals surface area contributed by atoms with E-state index in [-0.39, 0.29) is 16.6 Å². The SMILES string of the molecule is CC(C)(C)c1cc(Cl)cc(C=[N+]2[Mn][N+](=Cc3cc(Cl)cc(C(C)(C)C)c3O)C3CCCCC32)c1O.[O-]c1ccc(Oc2ccccc2)cc1. The van der Waals surface area contributed by atoms with E-state index in [1.165, 1.54) is 25.0 Å². The molecule has 2 aliphatic rings. The first-order valence-corrected chi connectivity index (χ1v) is 18.4. The molecule has 2 atom stereocenters. The molecular formula is C40H45Cl2MnN2O4+. The van der Waals surface area contributed by atoms with Crippen LogP contribution >= 0.6 is 23.2 Å². The number of hydrogen-bond acceptors (Lipinski definition) is 4. The minimum atomic E-state index is -0.215. The first kappa shape index (κ1) is 36.8. The van der Waals surface area contributed by atoms with E-state index in [2.05, 4.69) is 61.2 Å². The topological polar surface area (TPSA) is 78.8 Å². The van der Waals surface area contributed by atoms with Crippen molar-refractivity contribution in [1.29, 1.82) is 0 Å². The zero-order valence-corrected chi connectivity index (χ0v) is 31.6. The number of phenolic OH excluding ortho intramolecular Hbond substituents is 2. The summed E-state index contributed by atoms with van der Waals surface area (Å²) in [6.45, 7) is 12.5. The Balaban J connectivity index is 0.000000278. The molecule has 2 N–H and O–H groups in total. The van der Waals surface area contributed by atoms with E-state index in [0.29, 0.717) is 54.8 Å². The molecule has 1 aliphatic heterocycles. The maximum Gasteiger partial charge on any atom is 0.127 e. The van der Waals surface area contributed by atoms with Crippen LogP contribution in [0.2, 0.25) is 10.0 Å². The Kier molecular flexibility index (Phi) is 11.4. The van der Waals surface area contributed by atoms with Gasteiger partial charge in [0.1, 0.15) is 11.5 Å². The summed E-state index contributed by atoms with van der Waals surface area (Å²) in [6, 6.07) is 23.9. The number of halogens is 2. The van der Waals surface area contributed by atoms with Crippen molar-refractivity contribution in [3.8, 4) is 28.7 Å².